The van der Waals surface area contributed by atoms with Gasteiger partial charge in [-0.2, -0.15) is 0 Å². The zero-order chi connectivity index (χ0) is 19.8. The predicted molar refractivity (Wildman–Crippen MR) is 112 cm³/mol. The molecule has 1 N–H and O–H groups in total. The highest BCUT2D eigenvalue weighted by molar-refractivity contribution is 5.64. The Kier molecular flexibility index (Phi) is 4.80. The number of hydrogen-bond acceptors (Lipinski definition) is 5. The molecule has 3 aliphatic rings. The summed E-state index contributed by atoms with van der Waals surface area (Å²) >= 11 is 0. The van der Waals surface area contributed by atoms with Crippen LogP contribution in [0.1, 0.15) is 30.4 Å². The highest BCUT2D eigenvalue weighted by Crippen LogP contribution is 2.49. The Hall–Kier alpha value is -2.37. The van der Waals surface area contributed by atoms with Crippen molar-refractivity contribution in [1.29, 1.82) is 0 Å². The Balaban J connectivity index is 1.35. The molecule has 29 heavy (non-hydrogen) atoms. The molecular weight excluding hydrogens is 364 g/mol. The first-order valence-electron chi connectivity index (χ1n) is 10.5. The summed E-state index contributed by atoms with van der Waals surface area (Å²) in [6.45, 7) is 3.32. The van der Waals surface area contributed by atoms with Crippen molar-refractivity contribution in [2.24, 2.45) is 11.8 Å². The fourth-order valence-corrected chi connectivity index (χ4v) is 5.45. The maximum atomic E-state index is 11.7. The summed E-state index contributed by atoms with van der Waals surface area (Å²) in [6.07, 6.45) is 9.19. The normalized spacial score (nSPS) is 28.8. The second-order valence-corrected chi connectivity index (χ2v) is 8.58. The van der Waals surface area contributed by atoms with Gasteiger partial charge in [0.1, 0.15) is 18.1 Å². The van der Waals surface area contributed by atoms with Crippen LogP contribution in [-0.2, 0) is 5.60 Å². The molecule has 2 aliphatic heterocycles. The number of nitrogens with zero attached hydrogens (tertiary/aromatic N) is 2. The topological polar surface area (TPSA) is 54.8 Å². The Labute approximate surface area is 172 Å². The van der Waals surface area contributed by atoms with E-state index in [1.165, 1.54) is 12.0 Å². The molecule has 2 bridgehead atoms. The molecule has 1 aromatic carbocycles. The minimum Gasteiger partial charge on any atom is -0.497 e. The molecule has 152 valence electrons. The number of benzene rings is 1. The first kappa shape index (κ1) is 18.6. The number of fused-ring (bicyclic) bond motifs is 3. The van der Waals surface area contributed by atoms with Crippen LogP contribution >= 0.6 is 0 Å². The van der Waals surface area contributed by atoms with E-state index in [-0.39, 0.29) is 11.8 Å². The van der Waals surface area contributed by atoms with Crippen LogP contribution in [0.15, 0.2) is 48.3 Å². The molecule has 0 radical (unpaired) electrons. The third-order valence-electron chi connectivity index (χ3n) is 6.85. The lowest BCUT2D eigenvalue weighted by Crippen LogP contribution is -2.58. The zero-order valence-electron chi connectivity index (χ0n) is 16.9. The molecule has 5 nitrogen and oxygen atoms in total. The van der Waals surface area contributed by atoms with Crippen LogP contribution < -0.4 is 9.47 Å². The molecule has 0 spiro atoms. The van der Waals surface area contributed by atoms with Crippen molar-refractivity contribution in [1.82, 2.24) is 9.88 Å². The number of aromatic nitrogens is 1. The van der Waals surface area contributed by atoms with Gasteiger partial charge in [0.25, 0.3) is 0 Å². The molecule has 1 saturated carbocycles. The first-order chi connectivity index (χ1) is 14.2. The summed E-state index contributed by atoms with van der Waals surface area (Å²) in [5, 5.41) is 11.7. The van der Waals surface area contributed by atoms with Crippen molar-refractivity contribution < 1.29 is 14.6 Å². The van der Waals surface area contributed by atoms with Crippen LogP contribution in [0.4, 0.5) is 0 Å². The highest BCUT2D eigenvalue weighted by Gasteiger charge is 2.51. The third-order valence-corrected chi connectivity index (χ3v) is 6.85. The van der Waals surface area contributed by atoms with Crippen molar-refractivity contribution >= 4 is 6.08 Å². The van der Waals surface area contributed by atoms with Gasteiger partial charge >= 0.3 is 0 Å². The van der Waals surface area contributed by atoms with E-state index in [9.17, 15) is 5.11 Å². The van der Waals surface area contributed by atoms with Crippen molar-refractivity contribution in [2.45, 2.75) is 24.9 Å². The third kappa shape index (κ3) is 3.32. The van der Waals surface area contributed by atoms with E-state index in [0.29, 0.717) is 6.61 Å². The van der Waals surface area contributed by atoms with E-state index < -0.39 is 5.60 Å². The number of ether oxygens (including phenoxy) is 2. The summed E-state index contributed by atoms with van der Waals surface area (Å²) in [7, 11) is 1.69. The number of methoxy groups -OCH3 is 1. The number of pyridine rings is 1. The van der Waals surface area contributed by atoms with Crippen LogP contribution in [0.25, 0.3) is 6.08 Å². The minimum atomic E-state index is -0.750. The number of likely N-dealkylation sites (tertiary alicyclic amines) is 1. The highest BCUT2D eigenvalue weighted by atomic mass is 16.5. The largest absolute Gasteiger partial charge is 0.497 e. The fourth-order valence-electron chi connectivity index (χ4n) is 5.45. The molecule has 2 fully saturated rings. The summed E-state index contributed by atoms with van der Waals surface area (Å²) in [5.41, 5.74) is 2.58. The van der Waals surface area contributed by atoms with Crippen LogP contribution in [0.5, 0.6) is 11.5 Å². The average Bonchev–Trinajstić information content (AvgIpc) is 2.74. The molecule has 2 aromatic rings. The van der Waals surface area contributed by atoms with Crippen molar-refractivity contribution in [2.75, 3.05) is 33.4 Å². The van der Waals surface area contributed by atoms with Gasteiger partial charge in [0.05, 0.1) is 12.7 Å². The summed E-state index contributed by atoms with van der Waals surface area (Å²) in [6, 6.07) is 9.91. The number of hydrogen-bond donors (Lipinski definition) is 1. The molecule has 0 amide bonds. The molecule has 1 aliphatic carbocycles. The maximum absolute atomic E-state index is 11.7. The van der Waals surface area contributed by atoms with E-state index in [4.69, 9.17) is 9.47 Å². The van der Waals surface area contributed by atoms with E-state index in [2.05, 4.69) is 16.0 Å². The van der Waals surface area contributed by atoms with Crippen LogP contribution in [0.3, 0.4) is 0 Å². The van der Waals surface area contributed by atoms with Gasteiger partial charge in [-0.25, -0.2) is 0 Å². The quantitative estimate of drug-likeness (QED) is 0.863. The SMILES string of the molecule is COc1ccc2c(c1)C=C(CN1C[C@H]3CCC[C@@H](C1)C3(O)c1cccnc1)CO2. The standard InChI is InChI=1S/C24H28N2O3/c1-28-22-7-8-23-18(11-22)10-17(16-29-23)13-26-14-20-4-2-5-21(15-26)24(20,27)19-6-3-9-25-12-19/h3,6-12,20-21,27H,2,4-5,13-16H2,1H3/t20-,21+,24?. The van der Waals surface area contributed by atoms with Crippen LogP contribution in [0.2, 0.25) is 0 Å². The van der Waals surface area contributed by atoms with E-state index >= 15 is 0 Å². The minimum absolute atomic E-state index is 0.247. The molecule has 5 rings (SSSR count). The van der Waals surface area contributed by atoms with Crippen molar-refractivity contribution in [3.8, 4) is 11.5 Å². The molecule has 3 atom stereocenters. The Morgan fingerprint density at radius 1 is 1.24 bits per heavy atom. The van der Waals surface area contributed by atoms with Gasteiger partial charge < -0.3 is 14.6 Å². The lowest BCUT2D eigenvalue weighted by molar-refractivity contribution is -0.145. The Bertz CT molecular complexity index is 898. The van der Waals surface area contributed by atoms with E-state index in [0.717, 1.165) is 55.1 Å². The smallest absolute Gasteiger partial charge is 0.127 e. The fraction of sp³-hybridized carbons (Fsp3) is 0.458. The number of rotatable bonds is 4. The molecule has 1 saturated heterocycles. The molecule has 1 aromatic heterocycles. The van der Waals surface area contributed by atoms with Gasteiger partial charge in [0.15, 0.2) is 0 Å². The maximum Gasteiger partial charge on any atom is 0.127 e. The summed E-state index contributed by atoms with van der Waals surface area (Å²) < 4.78 is 11.3. The van der Waals surface area contributed by atoms with Gasteiger partial charge in [-0.05, 0) is 48.8 Å². The second-order valence-electron chi connectivity index (χ2n) is 8.58. The number of piperidine rings is 1. The molecule has 1 unspecified atom stereocenters. The average molecular weight is 392 g/mol. The van der Waals surface area contributed by atoms with E-state index in [1.54, 1.807) is 13.3 Å². The summed E-state index contributed by atoms with van der Waals surface area (Å²) in [5.74, 6) is 2.25. The Morgan fingerprint density at radius 3 is 2.79 bits per heavy atom. The Morgan fingerprint density at radius 2 is 2.07 bits per heavy atom. The zero-order valence-corrected chi connectivity index (χ0v) is 16.9. The van der Waals surface area contributed by atoms with Crippen LogP contribution in [0, 0.1) is 11.8 Å². The number of aliphatic hydroxyl groups is 1. The van der Waals surface area contributed by atoms with Gasteiger partial charge in [-0.15, -0.1) is 0 Å². The monoisotopic (exact) mass is 392 g/mol. The van der Waals surface area contributed by atoms with Crippen LogP contribution in [-0.4, -0.2) is 48.3 Å². The lowest BCUT2D eigenvalue weighted by atomic mass is 9.63. The van der Waals surface area contributed by atoms with Gasteiger partial charge in [0.2, 0.25) is 0 Å². The van der Waals surface area contributed by atoms with Gasteiger partial charge in [-0.1, -0.05) is 12.5 Å². The van der Waals surface area contributed by atoms with E-state index in [1.807, 2.05) is 36.5 Å². The molecular formula is C24H28N2O3. The summed E-state index contributed by atoms with van der Waals surface area (Å²) in [4.78, 5) is 6.77. The lowest BCUT2D eigenvalue weighted by Gasteiger charge is -2.53. The van der Waals surface area contributed by atoms with Gasteiger partial charge in [-0.3, -0.25) is 9.88 Å². The van der Waals surface area contributed by atoms with Gasteiger partial charge in [0, 0.05) is 55.0 Å². The molecule has 3 heterocycles. The predicted octanol–water partition coefficient (Wildman–Crippen LogP) is 3.49. The molecule has 5 heteroatoms. The van der Waals surface area contributed by atoms with Crippen molar-refractivity contribution in [3.63, 3.8) is 0 Å². The second kappa shape index (κ2) is 7.47. The van der Waals surface area contributed by atoms with Crippen molar-refractivity contribution in [3.05, 3.63) is 59.4 Å². The first-order valence-corrected chi connectivity index (χ1v) is 10.5.